The molecular weight excluding hydrogens is 291 g/mol. The van der Waals surface area contributed by atoms with Gasteiger partial charge in [-0.25, -0.2) is 13.9 Å². The van der Waals surface area contributed by atoms with Gasteiger partial charge in [-0.15, -0.1) is 0 Å². The van der Waals surface area contributed by atoms with Gasteiger partial charge in [0.1, 0.15) is 5.75 Å². The number of phenols is 1. The standard InChI is InChI=1S/C12H6ClFN2O2S/c13-6-3-8(14)11(15-5-6)16-9-4-7(17)1-2-10(9)19-12(16)18/h1-5,17H. The van der Waals surface area contributed by atoms with Crippen LogP contribution in [0.15, 0.2) is 35.3 Å². The molecule has 4 nitrogen and oxygen atoms in total. The van der Waals surface area contributed by atoms with Crippen LogP contribution in [0.2, 0.25) is 5.02 Å². The zero-order chi connectivity index (χ0) is 13.6. The van der Waals surface area contributed by atoms with Crippen molar-refractivity contribution in [2.24, 2.45) is 0 Å². The zero-order valence-electron chi connectivity index (χ0n) is 9.30. The Bertz CT molecular complexity index is 843. The fourth-order valence-electron chi connectivity index (χ4n) is 1.78. The maximum Gasteiger partial charge on any atom is 0.314 e. The molecule has 0 aliphatic heterocycles. The van der Waals surface area contributed by atoms with Gasteiger partial charge in [0, 0.05) is 12.3 Å². The summed E-state index contributed by atoms with van der Waals surface area (Å²) < 4.78 is 15.6. The Morgan fingerprint density at radius 3 is 2.89 bits per heavy atom. The van der Waals surface area contributed by atoms with Crippen molar-refractivity contribution in [1.82, 2.24) is 9.55 Å². The van der Waals surface area contributed by atoms with Crippen LogP contribution in [0, 0.1) is 5.82 Å². The summed E-state index contributed by atoms with van der Waals surface area (Å²) in [4.78, 5) is 15.4. The molecule has 0 radical (unpaired) electrons. The van der Waals surface area contributed by atoms with Crippen LogP contribution in [-0.2, 0) is 0 Å². The number of thiazole rings is 1. The number of benzene rings is 1. The smallest absolute Gasteiger partial charge is 0.314 e. The Balaban J connectivity index is 2.38. The van der Waals surface area contributed by atoms with E-state index in [0.717, 1.165) is 22.0 Å². The van der Waals surface area contributed by atoms with E-state index in [0.29, 0.717) is 10.2 Å². The molecule has 0 saturated carbocycles. The molecule has 19 heavy (non-hydrogen) atoms. The Hall–Kier alpha value is -1.92. The first kappa shape index (κ1) is 12.1. The lowest BCUT2D eigenvalue weighted by Crippen LogP contribution is -2.13. The van der Waals surface area contributed by atoms with E-state index in [4.69, 9.17) is 11.6 Å². The molecule has 2 heterocycles. The lowest BCUT2D eigenvalue weighted by molar-refractivity contribution is 0.476. The number of rotatable bonds is 1. The first-order valence-electron chi connectivity index (χ1n) is 5.22. The van der Waals surface area contributed by atoms with Crippen LogP contribution in [0.3, 0.4) is 0 Å². The molecule has 0 bridgehead atoms. The van der Waals surface area contributed by atoms with Gasteiger partial charge in [-0.3, -0.25) is 4.79 Å². The van der Waals surface area contributed by atoms with Crippen molar-refractivity contribution >= 4 is 33.2 Å². The molecule has 2 aromatic heterocycles. The van der Waals surface area contributed by atoms with Gasteiger partial charge < -0.3 is 5.11 Å². The van der Waals surface area contributed by atoms with Gasteiger partial charge in [-0.1, -0.05) is 22.9 Å². The molecule has 0 atom stereocenters. The fourth-order valence-corrected chi connectivity index (χ4v) is 2.78. The molecule has 7 heteroatoms. The maximum atomic E-state index is 13.9. The molecule has 0 unspecified atom stereocenters. The lowest BCUT2D eigenvalue weighted by Gasteiger charge is -2.04. The van der Waals surface area contributed by atoms with Gasteiger partial charge in [0.15, 0.2) is 11.6 Å². The van der Waals surface area contributed by atoms with Gasteiger partial charge >= 0.3 is 4.87 Å². The van der Waals surface area contributed by atoms with E-state index in [9.17, 15) is 14.3 Å². The molecule has 3 rings (SSSR count). The summed E-state index contributed by atoms with van der Waals surface area (Å²) in [6, 6.07) is 5.54. The van der Waals surface area contributed by atoms with Crippen molar-refractivity contribution in [3.8, 4) is 11.6 Å². The molecule has 0 aliphatic rings. The van der Waals surface area contributed by atoms with Crippen molar-refractivity contribution in [3.63, 3.8) is 0 Å². The second kappa shape index (κ2) is 4.32. The molecular formula is C12H6ClFN2O2S. The normalized spacial score (nSPS) is 11.1. The summed E-state index contributed by atoms with van der Waals surface area (Å²) in [5, 5.41) is 9.63. The van der Waals surface area contributed by atoms with Crippen LogP contribution in [0.5, 0.6) is 5.75 Å². The van der Waals surface area contributed by atoms with Crippen molar-refractivity contribution in [2.45, 2.75) is 0 Å². The van der Waals surface area contributed by atoms with E-state index >= 15 is 0 Å². The topological polar surface area (TPSA) is 55.1 Å². The van der Waals surface area contributed by atoms with Crippen LogP contribution < -0.4 is 4.87 Å². The lowest BCUT2D eigenvalue weighted by atomic mass is 10.3. The van der Waals surface area contributed by atoms with Crippen LogP contribution in [0.1, 0.15) is 0 Å². The van der Waals surface area contributed by atoms with Crippen molar-refractivity contribution in [3.05, 3.63) is 51.0 Å². The number of hydrogen-bond donors (Lipinski definition) is 1. The molecule has 0 aliphatic carbocycles. The number of aromatic nitrogens is 2. The molecule has 0 spiro atoms. The third kappa shape index (κ3) is 1.98. The average Bonchev–Trinajstić information content (AvgIpc) is 2.65. The summed E-state index contributed by atoms with van der Waals surface area (Å²) in [6.45, 7) is 0. The van der Waals surface area contributed by atoms with E-state index in [1.54, 1.807) is 6.07 Å². The molecule has 3 aromatic rings. The summed E-state index contributed by atoms with van der Waals surface area (Å²) in [6.07, 6.45) is 1.26. The third-order valence-corrected chi connectivity index (χ3v) is 3.69. The predicted octanol–water partition coefficient (Wildman–Crippen LogP) is 2.95. The van der Waals surface area contributed by atoms with E-state index < -0.39 is 5.82 Å². The highest BCUT2D eigenvalue weighted by Gasteiger charge is 2.15. The molecule has 0 fully saturated rings. The van der Waals surface area contributed by atoms with Crippen LogP contribution >= 0.6 is 22.9 Å². The summed E-state index contributed by atoms with van der Waals surface area (Å²) in [5.74, 6) is -0.836. The van der Waals surface area contributed by atoms with Crippen molar-refractivity contribution in [1.29, 1.82) is 0 Å². The SMILES string of the molecule is O=c1sc2ccc(O)cc2n1-c1ncc(Cl)cc1F. The largest absolute Gasteiger partial charge is 0.508 e. The minimum atomic E-state index is -0.697. The highest BCUT2D eigenvalue weighted by Crippen LogP contribution is 2.25. The average molecular weight is 297 g/mol. The fraction of sp³-hybridized carbons (Fsp3) is 0. The highest BCUT2D eigenvalue weighted by atomic mass is 35.5. The number of hydrogen-bond acceptors (Lipinski definition) is 4. The van der Waals surface area contributed by atoms with E-state index in [1.165, 1.54) is 18.3 Å². The quantitative estimate of drug-likeness (QED) is 0.751. The van der Waals surface area contributed by atoms with Crippen LogP contribution in [0.4, 0.5) is 4.39 Å². The first-order chi connectivity index (χ1) is 9.06. The summed E-state index contributed by atoms with van der Waals surface area (Å²) >= 11 is 6.59. The summed E-state index contributed by atoms with van der Waals surface area (Å²) in [7, 11) is 0. The van der Waals surface area contributed by atoms with E-state index in [1.807, 2.05) is 0 Å². The number of halogens is 2. The van der Waals surface area contributed by atoms with Crippen molar-refractivity contribution < 1.29 is 9.50 Å². The summed E-state index contributed by atoms with van der Waals surface area (Å²) in [5.41, 5.74) is 0.406. The molecule has 0 amide bonds. The second-order valence-corrected chi connectivity index (χ2v) is 5.24. The Labute approximate surface area is 115 Å². The monoisotopic (exact) mass is 296 g/mol. The van der Waals surface area contributed by atoms with Gasteiger partial charge in [0.05, 0.1) is 15.2 Å². The van der Waals surface area contributed by atoms with E-state index in [-0.39, 0.29) is 21.5 Å². The molecule has 1 aromatic carbocycles. The number of nitrogens with zero attached hydrogens (tertiary/aromatic N) is 2. The number of fused-ring (bicyclic) bond motifs is 1. The third-order valence-electron chi connectivity index (χ3n) is 2.56. The van der Waals surface area contributed by atoms with Gasteiger partial charge in [0.25, 0.3) is 0 Å². The van der Waals surface area contributed by atoms with Crippen molar-refractivity contribution in [2.75, 3.05) is 0 Å². The number of pyridine rings is 1. The number of aromatic hydroxyl groups is 1. The molecule has 96 valence electrons. The predicted molar refractivity (Wildman–Crippen MR) is 71.8 cm³/mol. The molecule has 1 N–H and O–H groups in total. The van der Waals surface area contributed by atoms with Crippen LogP contribution in [-0.4, -0.2) is 14.7 Å². The maximum absolute atomic E-state index is 13.9. The first-order valence-corrected chi connectivity index (χ1v) is 6.42. The zero-order valence-corrected chi connectivity index (χ0v) is 10.9. The van der Waals surface area contributed by atoms with Crippen LogP contribution in [0.25, 0.3) is 16.0 Å². The minimum absolute atomic E-state index is 0.00609. The highest BCUT2D eigenvalue weighted by molar-refractivity contribution is 7.16. The molecule has 0 saturated heterocycles. The van der Waals surface area contributed by atoms with Gasteiger partial charge in [0.2, 0.25) is 0 Å². The minimum Gasteiger partial charge on any atom is -0.508 e. The van der Waals surface area contributed by atoms with Gasteiger partial charge in [-0.05, 0) is 18.2 Å². The van der Waals surface area contributed by atoms with Gasteiger partial charge in [-0.2, -0.15) is 0 Å². The Morgan fingerprint density at radius 1 is 1.37 bits per heavy atom. The Morgan fingerprint density at radius 2 is 2.16 bits per heavy atom. The van der Waals surface area contributed by atoms with E-state index in [2.05, 4.69) is 4.98 Å². The second-order valence-electron chi connectivity index (χ2n) is 3.81. The Kier molecular flexibility index (Phi) is 2.76. The number of phenolic OH excluding ortho intramolecular Hbond substituents is 1.